The molecule has 68 valence electrons. The van der Waals surface area contributed by atoms with Gasteiger partial charge in [-0.25, -0.2) is 0 Å². The van der Waals surface area contributed by atoms with E-state index in [4.69, 9.17) is 10.8 Å². The first-order chi connectivity index (χ1) is 6.04. The van der Waals surface area contributed by atoms with Crippen molar-refractivity contribution in [2.45, 2.75) is 38.9 Å². The maximum atomic E-state index is 11.0. The molecule has 0 N–H and O–H groups in total. The van der Waals surface area contributed by atoms with Crippen LogP contribution < -0.4 is 0 Å². The second-order valence-electron chi connectivity index (χ2n) is 2.60. The van der Waals surface area contributed by atoms with Gasteiger partial charge in [-0.2, -0.15) is 0 Å². The molecule has 0 spiro atoms. The summed E-state index contributed by atoms with van der Waals surface area (Å²) in [5, 5.41) is 0. The fraction of sp³-hybridized carbons (Fsp3) is 0.750. The van der Waals surface area contributed by atoms with E-state index in [1.165, 1.54) is 0 Å². The zero-order chi connectivity index (χ0) is 10.1. The highest BCUT2D eigenvalue weighted by atomic mass is 16.7. The van der Waals surface area contributed by atoms with E-state index >= 15 is 0 Å². The van der Waals surface area contributed by atoms with Crippen molar-refractivity contribution in [2.75, 3.05) is 0 Å². The Morgan fingerprint density at radius 3 is 2.08 bits per heavy atom. The number of hydrogen-bond acceptors (Lipinski definition) is 4. The van der Waals surface area contributed by atoms with E-state index in [-0.39, 0.29) is 0 Å². The molecule has 4 nitrogen and oxygen atoms in total. The third-order valence-electron chi connectivity index (χ3n) is 1.89. The molecule has 0 amide bonds. The van der Waals surface area contributed by atoms with Gasteiger partial charge >= 0.3 is 11.9 Å². The summed E-state index contributed by atoms with van der Waals surface area (Å²) in [6, 6.07) is 0. The predicted molar refractivity (Wildman–Crippen MR) is 40.1 cm³/mol. The first-order valence-electron chi connectivity index (χ1n) is 4.50. The van der Waals surface area contributed by atoms with Gasteiger partial charge in [0, 0.05) is 12.8 Å². The van der Waals surface area contributed by atoms with Crippen LogP contribution in [0.25, 0.3) is 0 Å². The lowest BCUT2D eigenvalue weighted by atomic mass is 10.1. The molecule has 1 aliphatic rings. The van der Waals surface area contributed by atoms with Gasteiger partial charge in [0.25, 0.3) is 5.79 Å². The van der Waals surface area contributed by atoms with Crippen LogP contribution in [0.15, 0.2) is 0 Å². The summed E-state index contributed by atoms with van der Waals surface area (Å²) in [5.74, 6) is -2.77. The summed E-state index contributed by atoms with van der Waals surface area (Å²) in [4.78, 5) is 22.1. The van der Waals surface area contributed by atoms with Gasteiger partial charge in [-0.05, 0) is 0 Å². The molecule has 0 aromatic heterocycles. The maximum Gasteiger partial charge on any atom is 0.320 e. The number of ether oxygens (including phenoxy) is 2. The predicted octanol–water partition coefficient (Wildman–Crippen LogP) is 0.993. The Morgan fingerprint density at radius 1 is 1.33 bits per heavy atom. The van der Waals surface area contributed by atoms with Crippen molar-refractivity contribution >= 4 is 11.9 Å². The number of carbonyl (C=O) groups excluding carboxylic acids is 2. The molecule has 0 aromatic rings. The van der Waals surface area contributed by atoms with Crippen LogP contribution in [0.2, 0.25) is 0 Å². The molecule has 0 atom stereocenters. The highest BCUT2D eigenvalue weighted by Gasteiger charge is 2.40. The third kappa shape index (κ3) is 1.57. The number of rotatable bonds is 2. The average Bonchev–Trinajstić information content (AvgIpc) is 2.13. The van der Waals surface area contributed by atoms with E-state index in [2.05, 4.69) is 0 Å². The zero-order valence-corrected chi connectivity index (χ0v) is 7.12. The lowest BCUT2D eigenvalue weighted by Crippen LogP contribution is -2.44. The second kappa shape index (κ2) is 3.13. The van der Waals surface area contributed by atoms with E-state index in [0.29, 0.717) is 12.8 Å². The van der Waals surface area contributed by atoms with E-state index in [9.17, 15) is 9.59 Å². The van der Waals surface area contributed by atoms with Gasteiger partial charge in [-0.15, -0.1) is 0 Å². The number of carbonyl (C=O) groups is 2. The molecule has 12 heavy (non-hydrogen) atoms. The standard InChI is InChI=1S/C8H12O4/c1-3-8(4-2)11-6(9)5-7(10)12-8/h3-5H2,1-2H3/i5D. The van der Waals surface area contributed by atoms with Crippen LogP contribution >= 0.6 is 0 Å². The lowest BCUT2D eigenvalue weighted by Gasteiger charge is -2.33. The minimum Gasteiger partial charge on any atom is -0.422 e. The monoisotopic (exact) mass is 173 g/mol. The topological polar surface area (TPSA) is 52.6 Å². The lowest BCUT2D eigenvalue weighted by molar-refractivity contribution is -0.245. The van der Waals surface area contributed by atoms with Crippen molar-refractivity contribution in [3.8, 4) is 0 Å². The summed E-state index contributed by atoms with van der Waals surface area (Å²) >= 11 is 0. The molecular weight excluding hydrogens is 160 g/mol. The van der Waals surface area contributed by atoms with Gasteiger partial charge in [0.1, 0.15) is 6.40 Å². The zero-order valence-electron chi connectivity index (χ0n) is 8.12. The normalized spacial score (nSPS) is 24.3. The van der Waals surface area contributed by atoms with Gasteiger partial charge in [-0.3, -0.25) is 9.59 Å². The Kier molecular flexibility index (Phi) is 1.98. The van der Waals surface area contributed by atoms with Gasteiger partial charge < -0.3 is 9.47 Å². The molecular formula is C8H12O4. The number of esters is 2. The molecule has 0 radical (unpaired) electrons. The van der Waals surface area contributed by atoms with Crippen molar-refractivity contribution in [3.63, 3.8) is 0 Å². The van der Waals surface area contributed by atoms with Crippen LogP contribution in [-0.4, -0.2) is 17.7 Å². The van der Waals surface area contributed by atoms with Crippen molar-refractivity contribution < 1.29 is 20.4 Å². The van der Waals surface area contributed by atoms with Crippen LogP contribution in [0.5, 0.6) is 0 Å². The molecule has 0 bridgehead atoms. The van der Waals surface area contributed by atoms with E-state index < -0.39 is 24.1 Å². The van der Waals surface area contributed by atoms with Crippen molar-refractivity contribution in [1.29, 1.82) is 0 Å². The largest absolute Gasteiger partial charge is 0.422 e. The fourth-order valence-electron chi connectivity index (χ4n) is 1.08. The summed E-state index contributed by atoms with van der Waals surface area (Å²) < 4.78 is 16.8. The van der Waals surface area contributed by atoms with Crippen LogP contribution in [0.1, 0.15) is 34.5 Å². The molecule has 0 aliphatic carbocycles. The van der Waals surface area contributed by atoms with E-state index in [1.807, 2.05) is 0 Å². The Bertz CT molecular complexity index is 214. The molecule has 4 heteroatoms. The number of hydrogen-bond donors (Lipinski definition) is 0. The first kappa shape index (κ1) is 7.58. The minimum absolute atomic E-state index is 0.410. The van der Waals surface area contributed by atoms with Crippen LogP contribution in [-0.2, 0) is 19.1 Å². The minimum atomic E-state index is -1.54. The first-order valence-corrected chi connectivity index (χ1v) is 3.92. The molecule has 1 aliphatic heterocycles. The molecule has 1 rings (SSSR count). The molecule has 1 saturated heterocycles. The van der Waals surface area contributed by atoms with Crippen molar-refractivity contribution in [2.24, 2.45) is 0 Å². The quantitative estimate of drug-likeness (QED) is 0.461. The Labute approximate surface area is 72.2 Å². The van der Waals surface area contributed by atoms with Gasteiger partial charge in [0.15, 0.2) is 0 Å². The Hall–Kier alpha value is -1.06. The van der Waals surface area contributed by atoms with E-state index in [1.54, 1.807) is 13.8 Å². The molecule has 0 unspecified atom stereocenters. The third-order valence-corrected chi connectivity index (χ3v) is 1.89. The van der Waals surface area contributed by atoms with Gasteiger partial charge in [-0.1, -0.05) is 13.8 Å². The van der Waals surface area contributed by atoms with Crippen LogP contribution in [0.4, 0.5) is 0 Å². The molecule has 1 fully saturated rings. The van der Waals surface area contributed by atoms with Crippen molar-refractivity contribution in [1.82, 2.24) is 0 Å². The number of cyclic esters (lactones) is 2. The fourth-order valence-corrected chi connectivity index (χ4v) is 1.08. The maximum absolute atomic E-state index is 11.0. The Morgan fingerprint density at radius 2 is 1.75 bits per heavy atom. The molecule has 0 aromatic carbocycles. The van der Waals surface area contributed by atoms with Crippen LogP contribution in [0.3, 0.4) is 0 Å². The average molecular weight is 173 g/mol. The molecule has 0 saturated carbocycles. The van der Waals surface area contributed by atoms with Crippen molar-refractivity contribution in [3.05, 3.63) is 0 Å². The highest BCUT2D eigenvalue weighted by molar-refractivity contribution is 5.93. The second-order valence-corrected chi connectivity index (χ2v) is 2.60. The summed E-state index contributed by atoms with van der Waals surface area (Å²) in [6.07, 6.45) is -0.715. The Balaban J connectivity index is 2.83. The van der Waals surface area contributed by atoms with Gasteiger partial charge in [0.05, 0.1) is 1.37 Å². The SMILES string of the molecule is [2H]C1C(=O)OC(CC)(CC)OC1=O. The smallest absolute Gasteiger partial charge is 0.320 e. The summed E-state index contributed by atoms with van der Waals surface area (Å²) in [6.45, 7) is 3.52. The van der Waals surface area contributed by atoms with Crippen LogP contribution in [0, 0.1) is 0 Å². The highest BCUT2D eigenvalue weighted by Crippen LogP contribution is 2.27. The summed E-state index contributed by atoms with van der Waals surface area (Å²) in [5.41, 5.74) is 0. The van der Waals surface area contributed by atoms with E-state index in [0.717, 1.165) is 0 Å². The molecule has 1 heterocycles. The summed E-state index contributed by atoms with van der Waals surface area (Å²) in [7, 11) is 0. The van der Waals surface area contributed by atoms with Gasteiger partial charge in [0.2, 0.25) is 0 Å².